The van der Waals surface area contributed by atoms with Gasteiger partial charge in [0, 0.05) is 12.6 Å². The number of methoxy groups -OCH3 is 1. The molecule has 0 unspecified atom stereocenters. The van der Waals surface area contributed by atoms with Crippen molar-refractivity contribution in [3.05, 3.63) is 29.8 Å². The molecule has 2 atom stereocenters. The minimum atomic E-state index is -2.98. The maximum absolute atomic E-state index is 12.3. The van der Waals surface area contributed by atoms with Crippen LogP contribution in [0.4, 0.5) is 0 Å². The highest BCUT2D eigenvalue weighted by Gasteiger charge is 2.30. The zero-order valence-electron chi connectivity index (χ0n) is 13.8. The third-order valence-corrected chi connectivity index (χ3v) is 5.98. The van der Waals surface area contributed by atoms with Crippen molar-refractivity contribution in [3.63, 3.8) is 0 Å². The number of sulfone groups is 1. The molecule has 1 amide bonds. The van der Waals surface area contributed by atoms with Gasteiger partial charge in [0.05, 0.1) is 24.7 Å². The predicted molar refractivity (Wildman–Crippen MR) is 89.1 cm³/mol. The number of rotatable bonds is 6. The quantitative estimate of drug-likeness (QED) is 0.830. The van der Waals surface area contributed by atoms with E-state index in [1.807, 2.05) is 43.1 Å². The molecule has 1 fully saturated rings. The maximum atomic E-state index is 12.3. The van der Waals surface area contributed by atoms with Crippen LogP contribution in [0.25, 0.3) is 0 Å². The van der Waals surface area contributed by atoms with E-state index in [1.165, 1.54) is 0 Å². The van der Waals surface area contributed by atoms with Gasteiger partial charge in [-0.15, -0.1) is 0 Å². The molecule has 1 saturated heterocycles. The second kappa shape index (κ2) is 7.31. The molecule has 0 saturated carbocycles. The average Bonchev–Trinajstić information content (AvgIpc) is 2.85. The van der Waals surface area contributed by atoms with Gasteiger partial charge in [0.15, 0.2) is 9.84 Å². The molecule has 1 heterocycles. The zero-order chi connectivity index (χ0) is 17.0. The topological polar surface area (TPSA) is 75.7 Å². The Morgan fingerprint density at radius 3 is 2.57 bits per heavy atom. The number of likely N-dealkylation sites (N-methyl/N-ethyl adjacent to an activating group) is 1. The summed E-state index contributed by atoms with van der Waals surface area (Å²) < 4.78 is 28.0. The van der Waals surface area contributed by atoms with Crippen molar-refractivity contribution in [3.8, 4) is 5.75 Å². The van der Waals surface area contributed by atoms with Gasteiger partial charge in [0.1, 0.15) is 5.75 Å². The molecule has 0 aliphatic carbocycles. The lowest BCUT2D eigenvalue weighted by atomic mass is 10.1. The van der Waals surface area contributed by atoms with Gasteiger partial charge in [0.25, 0.3) is 0 Å². The lowest BCUT2D eigenvalue weighted by Crippen LogP contribution is -2.47. The lowest BCUT2D eigenvalue weighted by molar-refractivity contribution is -0.126. The van der Waals surface area contributed by atoms with E-state index in [2.05, 4.69) is 5.32 Å². The van der Waals surface area contributed by atoms with Gasteiger partial charge in [-0.25, -0.2) is 8.42 Å². The third-order valence-electron chi connectivity index (χ3n) is 4.21. The summed E-state index contributed by atoms with van der Waals surface area (Å²) in [5.74, 6) is 0.870. The van der Waals surface area contributed by atoms with Crippen LogP contribution in [0.5, 0.6) is 5.75 Å². The Balaban J connectivity index is 1.88. The van der Waals surface area contributed by atoms with Crippen LogP contribution in [0, 0.1) is 0 Å². The van der Waals surface area contributed by atoms with Crippen LogP contribution in [-0.2, 0) is 21.2 Å². The molecular weight excluding hydrogens is 316 g/mol. The SMILES string of the molecule is COc1ccc(CN(C)[C@@H](C)C(=O)N[C@@H]2CCS(=O)(=O)C2)cc1. The Morgan fingerprint density at radius 2 is 2.04 bits per heavy atom. The second-order valence-electron chi connectivity index (χ2n) is 6.05. The molecule has 1 N–H and O–H groups in total. The van der Waals surface area contributed by atoms with Gasteiger partial charge in [0.2, 0.25) is 5.91 Å². The molecule has 2 rings (SSSR count). The van der Waals surface area contributed by atoms with Gasteiger partial charge in [-0.3, -0.25) is 9.69 Å². The minimum absolute atomic E-state index is 0.0493. The molecule has 0 radical (unpaired) electrons. The van der Waals surface area contributed by atoms with Crippen LogP contribution in [0.3, 0.4) is 0 Å². The standard InChI is InChI=1S/C16H24N2O4S/c1-12(16(19)17-14-8-9-23(20,21)11-14)18(2)10-13-4-6-15(22-3)7-5-13/h4-7,12,14H,8-11H2,1-3H3,(H,17,19)/t12-,14+/m0/s1. The first-order valence-electron chi connectivity index (χ1n) is 7.64. The van der Waals surface area contributed by atoms with E-state index in [9.17, 15) is 13.2 Å². The highest BCUT2D eigenvalue weighted by Crippen LogP contribution is 2.15. The summed E-state index contributed by atoms with van der Waals surface area (Å²) in [7, 11) is 0.514. The Kier molecular flexibility index (Phi) is 5.64. The van der Waals surface area contributed by atoms with Gasteiger partial charge in [-0.1, -0.05) is 12.1 Å². The second-order valence-corrected chi connectivity index (χ2v) is 8.28. The van der Waals surface area contributed by atoms with Gasteiger partial charge in [-0.2, -0.15) is 0 Å². The molecule has 0 bridgehead atoms. The molecule has 23 heavy (non-hydrogen) atoms. The number of ether oxygens (including phenoxy) is 1. The van der Waals surface area contributed by atoms with Crippen LogP contribution in [0.15, 0.2) is 24.3 Å². The summed E-state index contributed by atoms with van der Waals surface area (Å²) in [5, 5.41) is 2.84. The largest absolute Gasteiger partial charge is 0.497 e. The van der Waals surface area contributed by atoms with E-state index in [0.29, 0.717) is 13.0 Å². The number of carbonyl (C=O) groups excluding carboxylic acids is 1. The number of nitrogens with one attached hydrogen (secondary N) is 1. The van der Waals surface area contributed by atoms with Gasteiger partial charge < -0.3 is 10.1 Å². The molecule has 6 nitrogen and oxygen atoms in total. The van der Waals surface area contributed by atoms with E-state index in [0.717, 1.165) is 11.3 Å². The van der Waals surface area contributed by atoms with Crippen molar-refractivity contribution >= 4 is 15.7 Å². The van der Waals surface area contributed by atoms with Crippen molar-refractivity contribution in [1.29, 1.82) is 0 Å². The summed E-state index contributed by atoms with van der Waals surface area (Å²) >= 11 is 0. The van der Waals surface area contributed by atoms with Gasteiger partial charge >= 0.3 is 0 Å². The molecule has 0 spiro atoms. The highest BCUT2D eigenvalue weighted by molar-refractivity contribution is 7.91. The van der Waals surface area contributed by atoms with E-state index < -0.39 is 9.84 Å². The van der Waals surface area contributed by atoms with Crippen molar-refractivity contribution in [1.82, 2.24) is 10.2 Å². The fourth-order valence-corrected chi connectivity index (χ4v) is 4.26. The van der Waals surface area contributed by atoms with Crippen LogP contribution in [0.1, 0.15) is 18.9 Å². The van der Waals surface area contributed by atoms with Crippen molar-refractivity contribution in [2.24, 2.45) is 0 Å². The van der Waals surface area contributed by atoms with Crippen LogP contribution in [-0.4, -0.2) is 57.0 Å². The van der Waals surface area contributed by atoms with Crippen LogP contribution >= 0.6 is 0 Å². The number of nitrogens with zero attached hydrogens (tertiary/aromatic N) is 1. The fraction of sp³-hybridized carbons (Fsp3) is 0.562. The Morgan fingerprint density at radius 1 is 1.39 bits per heavy atom. The number of amides is 1. The molecule has 1 aromatic carbocycles. The van der Waals surface area contributed by atoms with Crippen LogP contribution in [0.2, 0.25) is 0 Å². The minimum Gasteiger partial charge on any atom is -0.497 e. The molecule has 0 aromatic heterocycles. The average molecular weight is 340 g/mol. The highest BCUT2D eigenvalue weighted by atomic mass is 32.2. The predicted octanol–water partition coefficient (Wildman–Crippen LogP) is 0.819. The number of hydrogen-bond acceptors (Lipinski definition) is 5. The molecular formula is C16H24N2O4S. The van der Waals surface area contributed by atoms with Crippen LogP contribution < -0.4 is 10.1 Å². The summed E-state index contributed by atoms with van der Waals surface area (Å²) in [6, 6.07) is 7.10. The maximum Gasteiger partial charge on any atom is 0.237 e. The van der Waals surface area contributed by atoms with Crippen molar-refractivity contribution < 1.29 is 17.9 Å². The summed E-state index contributed by atoms with van der Waals surface area (Å²) in [6.45, 7) is 2.45. The summed E-state index contributed by atoms with van der Waals surface area (Å²) in [6.07, 6.45) is 0.503. The molecule has 1 aliphatic rings. The van der Waals surface area contributed by atoms with Gasteiger partial charge in [-0.05, 0) is 38.1 Å². The first-order valence-corrected chi connectivity index (χ1v) is 9.47. The number of hydrogen-bond donors (Lipinski definition) is 1. The Bertz CT molecular complexity index is 643. The molecule has 128 valence electrons. The van der Waals surface area contributed by atoms with E-state index in [-0.39, 0.29) is 29.5 Å². The molecule has 1 aliphatic heterocycles. The molecule has 1 aromatic rings. The first kappa shape index (κ1) is 17.7. The smallest absolute Gasteiger partial charge is 0.237 e. The number of carbonyl (C=O) groups is 1. The molecule has 7 heteroatoms. The lowest BCUT2D eigenvalue weighted by Gasteiger charge is -2.25. The van der Waals surface area contributed by atoms with Crippen molar-refractivity contribution in [2.75, 3.05) is 25.7 Å². The number of benzene rings is 1. The monoisotopic (exact) mass is 340 g/mol. The summed E-state index contributed by atoms with van der Waals surface area (Å²) in [5.41, 5.74) is 1.08. The van der Waals surface area contributed by atoms with E-state index >= 15 is 0 Å². The Labute approximate surface area is 137 Å². The normalized spacial score (nSPS) is 21.1. The summed E-state index contributed by atoms with van der Waals surface area (Å²) in [4.78, 5) is 14.2. The van der Waals surface area contributed by atoms with E-state index in [1.54, 1.807) is 7.11 Å². The zero-order valence-corrected chi connectivity index (χ0v) is 14.6. The first-order chi connectivity index (χ1) is 10.8. The third kappa shape index (κ3) is 4.94. The Hall–Kier alpha value is -1.60. The van der Waals surface area contributed by atoms with Crippen molar-refractivity contribution in [2.45, 2.75) is 32.0 Å². The van der Waals surface area contributed by atoms with E-state index in [4.69, 9.17) is 4.74 Å². The fourth-order valence-electron chi connectivity index (χ4n) is 2.59.